The number of unbranched alkanes of at least 4 members (excludes halogenated alkanes) is 3. The van der Waals surface area contributed by atoms with Gasteiger partial charge in [-0.1, -0.05) is 33.6 Å². The van der Waals surface area contributed by atoms with Crippen molar-refractivity contribution in [2.24, 2.45) is 0 Å². The van der Waals surface area contributed by atoms with Crippen LogP contribution in [-0.2, 0) is 12.0 Å². The number of hydrogen-bond acceptors (Lipinski definition) is 4. The average molecular weight is 301 g/mol. The van der Waals surface area contributed by atoms with E-state index in [1.54, 1.807) is 11.3 Å². The predicted octanol–water partition coefficient (Wildman–Crippen LogP) is 4.45. The van der Waals surface area contributed by atoms with E-state index in [0.29, 0.717) is 0 Å². The van der Waals surface area contributed by atoms with Crippen LogP contribution >= 0.6 is 23.1 Å². The van der Waals surface area contributed by atoms with Crippen molar-refractivity contribution in [3.05, 3.63) is 16.1 Å². The number of thiazole rings is 1. The first-order chi connectivity index (χ1) is 9.04. The summed E-state index contributed by atoms with van der Waals surface area (Å²) in [6, 6.07) is 0. The minimum Gasteiger partial charge on any atom is -0.311 e. The third-order valence-electron chi connectivity index (χ3n) is 2.95. The van der Waals surface area contributed by atoms with Gasteiger partial charge in [0.25, 0.3) is 0 Å². The summed E-state index contributed by atoms with van der Waals surface area (Å²) in [6.07, 6.45) is 7.54. The first-order valence-electron chi connectivity index (χ1n) is 7.18. The molecule has 110 valence electrons. The summed E-state index contributed by atoms with van der Waals surface area (Å²) in [5.41, 5.74) is 1.37. The number of rotatable bonds is 9. The van der Waals surface area contributed by atoms with Crippen molar-refractivity contribution in [3.8, 4) is 0 Å². The highest BCUT2D eigenvalue weighted by Gasteiger charge is 2.17. The molecule has 0 radical (unpaired) electrons. The molecule has 1 N–H and O–H groups in total. The lowest BCUT2D eigenvalue weighted by Crippen LogP contribution is -2.16. The molecule has 0 aliphatic heterocycles. The van der Waals surface area contributed by atoms with E-state index in [1.165, 1.54) is 42.1 Å². The van der Waals surface area contributed by atoms with Crippen molar-refractivity contribution in [3.63, 3.8) is 0 Å². The number of nitrogens with zero attached hydrogens (tertiary/aromatic N) is 1. The standard InChI is InChI=1S/C15H28N2S2/c1-15(2,3)14-17-13(12-19-14)11-16-9-7-5-6-8-10-18-4/h12,16H,5-11H2,1-4H3. The first kappa shape index (κ1) is 17.0. The maximum atomic E-state index is 4.69. The van der Waals surface area contributed by atoms with E-state index in [2.05, 4.69) is 37.7 Å². The van der Waals surface area contributed by atoms with E-state index in [9.17, 15) is 0 Å². The minimum atomic E-state index is 0.181. The van der Waals surface area contributed by atoms with E-state index in [4.69, 9.17) is 4.98 Å². The topological polar surface area (TPSA) is 24.9 Å². The number of hydrogen-bond donors (Lipinski definition) is 1. The van der Waals surface area contributed by atoms with Crippen LogP contribution in [0.1, 0.15) is 57.2 Å². The summed E-state index contributed by atoms with van der Waals surface area (Å²) >= 11 is 3.73. The van der Waals surface area contributed by atoms with Gasteiger partial charge in [-0.2, -0.15) is 11.8 Å². The van der Waals surface area contributed by atoms with E-state index in [0.717, 1.165) is 13.1 Å². The molecule has 0 fully saturated rings. The van der Waals surface area contributed by atoms with Gasteiger partial charge in [0.15, 0.2) is 0 Å². The van der Waals surface area contributed by atoms with Crippen LogP contribution < -0.4 is 5.32 Å². The smallest absolute Gasteiger partial charge is 0.0982 e. The van der Waals surface area contributed by atoms with Gasteiger partial charge in [0.05, 0.1) is 10.7 Å². The van der Waals surface area contributed by atoms with Gasteiger partial charge in [-0.25, -0.2) is 4.98 Å². The Kier molecular flexibility index (Phi) is 8.03. The molecule has 2 nitrogen and oxygen atoms in total. The van der Waals surface area contributed by atoms with Crippen LogP contribution in [0.5, 0.6) is 0 Å². The van der Waals surface area contributed by atoms with Gasteiger partial charge in [0, 0.05) is 17.3 Å². The Morgan fingerprint density at radius 1 is 1.21 bits per heavy atom. The average Bonchev–Trinajstić information content (AvgIpc) is 2.81. The zero-order valence-electron chi connectivity index (χ0n) is 12.8. The second kappa shape index (κ2) is 8.98. The molecular formula is C15H28N2S2. The zero-order chi connectivity index (χ0) is 14.1. The van der Waals surface area contributed by atoms with Crippen LogP contribution in [0.25, 0.3) is 0 Å². The van der Waals surface area contributed by atoms with Crippen LogP contribution in [0, 0.1) is 0 Å². The lowest BCUT2D eigenvalue weighted by atomic mass is 9.98. The highest BCUT2D eigenvalue weighted by molar-refractivity contribution is 7.98. The van der Waals surface area contributed by atoms with E-state index >= 15 is 0 Å². The third kappa shape index (κ3) is 7.33. The quantitative estimate of drug-likeness (QED) is 0.682. The first-order valence-corrected chi connectivity index (χ1v) is 9.46. The van der Waals surface area contributed by atoms with Crippen molar-refractivity contribution < 1.29 is 0 Å². The van der Waals surface area contributed by atoms with Crippen molar-refractivity contribution in [1.29, 1.82) is 0 Å². The molecule has 0 amide bonds. The van der Waals surface area contributed by atoms with Crippen LogP contribution in [0.15, 0.2) is 5.38 Å². The molecule has 1 heterocycles. The Morgan fingerprint density at radius 2 is 1.95 bits per heavy atom. The van der Waals surface area contributed by atoms with Crippen LogP contribution in [0.2, 0.25) is 0 Å². The fourth-order valence-corrected chi connectivity index (χ4v) is 3.20. The Bertz CT molecular complexity index is 342. The molecule has 0 bridgehead atoms. The molecule has 1 aromatic rings. The summed E-state index contributed by atoms with van der Waals surface area (Å²) in [7, 11) is 0. The maximum Gasteiger partial charge on any atom is 0.0982 e. The Hall–Kier alpha value is -0.0600. The number of aromatic nitrogens is 1. The highest BCUT2D eigenvalue weighted by Crippen LogP contribution is 2.25. The molecule has 1 rings (SSSR count). The Balaban J connectivity index is 2.08. The summed E-state index contributed by atoms with van der Waals surface area (Å²) in [4.78, 5) is 4.69. The summed E-state index contributed by atoms with van der Waals surface area (Å²) in [5, 5.41) is 6.92. The molecule has 0 unspecified atom stereocenters. The monoisotopic (exact) mass is 300 g/mol. The maximum absolute atomic E-state index is 4.69. The predicted molar refractivity (Wildman–Crippen MR) is 89.4 cm³/mol. The molecule has 0 aromatic carbocycles. The molecule has 0 aliphatic carbocycles. The SMILES string of the molecule is CSCCCCCCNCc1csc(C(C)(C)C)n1. The lowest BCUT2D eigenvalue weighted by Gasteiger charge is -2.13. The Labute approximate surface area is 126 Å². The summed E-state index contributed by atoms with van der Waals surface area (Å²) < 4.78 is 0. The number of thioether (sulfide) groups is 1. The molecule has 0 atom stereocenters. The zero-order valence-corrected chi connectivity index (χ0v) is 14.4. The van der Waals surface area contributed by atoms with Gasteiger partial charge in [-0.05, 0) is 31.4 Å². The fourth-order valence-electron chi connectivity index (χ4n) is 1.80. The van der Waals surface area contributed by atoms with Crippen LogP contribution in [0.3, 0.4) is 0 Å². The molecule has 0 spiro atoms. The Morgan fingerprint density at radius 3 is 2.58 bits per heavy atom. The molecule has 19 heavy (non-hydrogen) atoms. The molecular weight excluding hydrogens is 272 g/mol. The largest absolute Gasteiger partial charge is 0.311 e. The normalized spacial score (nSPS) is 12.0. The number of nitrogens with one attached hydrogen (secondary N) is 1. The second-order valence-electron chi connectivity index (χ2n) is 5.98. The van der Waals surface area contributed by atoms with Gasteiger partial charge in [-0.15, -0.1) is 11.3 Å². The molecule has 1 aromatic heterocycles. The van der Waals surface area contributed by atoms with Crippen molar-refractivity contribution in [1.82, 2.24) is 10.3 Å². The van der Waals surface area contributed by atoms with Gasteiger partial charge in [-0.3, -0.25) is 0 Å². The molecule has 0 aliphatic rings. The molecule has 4 heteroatoms. The lowest BCUT2D eigenvalue weighted by molar-refractivity contribution is 0.573. The minimum absolute atomic E-state index is 0.181. The highest BCUT2D eigenvalue weighted by atomic mass is 32.2. The van der Waals surface area contributed by atoms with Crippen molar-refractivity contribution >= 4 is 23.1 Å². The molecule has 0 saturated carbocycles. The third-order valence-corrected chi connectivity index (χ3v) is 4.97. The van der Waals surface area contributed by atoms with E-state index < -0.39 is 0 Å². The molecule has 0 saturated heterocycles. The fraction of sp³-hybridized carbons (Fsp3) is 0.800. The van der Waals surface area contributed by atoms with Gasteiger partial charge >= 0.3 is 0 Å². The van der Waals surface area contributed by atoms with Crippen molar-refractivity contribution in [2.45, 2.75) is 58.4 Å². The van der Waals surface area contributed by atoms with E-state index in [1.807, 2.05) is 11.8 Å². The van der Waals surface area contributed by atoms with E-state index in [-0.39, 0.29) is 5.41 Å². The second-order valence-corrected chi connectivity index (χ2v) is 7.82. The van der Waals surface area contributed by atoms with Crippen LogP contribution in [0.4, 0.5) is 0 Å². The van der Waals surface area contributed by atoms with Gasteiger partial charge in [0.2, 0.25) is 0 Å². The van der Waals surface area contributed by atoms with Crippen LogP contribution in [-0.4, -0.2) is 23.5 Å². The van der Waals surface area contributed by atoms with Gasteiger partial charge < -0.3 is 5.32 Å². The summed E-state index contributed by atoms with van der Waals surface area (Å²) in [6.45, 7) is 8.69. The van der Waals surface area contributed by atoms with Gasteiger partial charge in [0.1, 0.15) is 0 Å². The van der Waals surface area contributed by atoms with Crippen molar-refractivity contribution in [2.75, 3.05) is 18.6 Å². The summed E-state index contributed by atoms with van der Waals surface area (Å²) in [5.74, 6) is 1.31.